The lowest BCUT2D eigenvalue weighted by Gasteiger charge is -2.07. The van der Waals surface area contributed by atoms with E-state index in [4.69, 9.17) is 9.68 Å². The summed E-state index contributed by atoms with van der Waals surface area (Å²) in [7, 11) is 0. The summed E-state index contributed by atoms with van der Waals surface area (Å²) in [6.45, 7) is 5.81. The normalized spacial score (nSPS) is 10.6. The van der Waals surface area contributed by atoms with Gasteiger partial charge in [0.05, 0.1) is 6.54 Å². The molecular formula is C16H18N2O. The van der Waals surface area contributed by atoms with Crippen LogP contribution in [0, 0.1) is 11.3 Å². The molecule has 0 atom stereocenters. The van der Waals surface area contributed by atoms with Crippen LogP contribution in [0.3, 0.4) is 0 Å². The standard InChI is InChI=1S/C16H18N2O/c1-12(2)14-5-3-13(4-6-14)10-18-11-16-8-7-15(9-17)19-16/h3-8,12,18H,10-11H2,1-2H3. The van der Waals surface area contributed by atoms with Gasteiger partial charge in [-0.05, 0) is 29.2 Å². The van der Waals surface area contributed by atoms with Crippen molar-refractivity contribution in [3.05, 3.63) is 59.0 Å². The smallest absolute Gasteiger partial charge is 0.203 e. The molecule has 98 valence electrons. The number of hydrogen-bond acceptors (Lipinski definition) is 3. The van der Waals surface area contributed by atoms with Crippen LogP contribution >= 0.6 is 0 Å². The number of furan rings is 1. The number of hydrogen-bond donors (Lipinski definition) is 1. The first-order valence-corrected chi connectivity index (χ1v) is 6.47. The first-order chi connectivity index (χ1) is 9.19. The molecule has 0 saturated heterocycles. The Kier molecular flexibility index (Phi) is 4.38. The van der Waals surface area contributed by atoms with Gasteiger partial charge in [0.25, 0.3) is 0 Å². The molecule has 3 heteroatoms. The minimum atomic E-state index is 0.359. The number of nitriles is 1. The lowest BCUT2D eigenvalue weighted by Crippen LogP contribution is -2.12. The van der Waals surface area contributed by atoms with Crippen LogP contribution in [-0.4, -0.2) is 0 Å². The van der Waals surface area contributed by atoms with Crippen molar-refractivity contribution in [1.29, 1.82) is 5.26 Å². The predicted molar refractivity (Wildman–Crippen MR) is 74.5 cm³/mol. The SMILES string of the molecule is CC(C)c1ccc(CNCc2ccc(C#N)o2)cc1. The minimum absolute atomic E-state index is 0.359. The zero-order valence-electron chi connectivity index (χ0n) is 11.3. The highest BCUT2D eigenvalue weighted by molar-refractivity contribution is 5.24. The number of nitrogens with one attached hydrogen (secondary N) is 1. The Bertz CT molecular complexity index is 561. The van der Waals surface area contributed by atoms with E-state index in [2.05, 4.69) is 43.4 Å². The molecule has 0 unspecified atom stereocenters. The van der Waals surface area contributed by atoms with E-state index in [1.54, 1.807) is 6.07 Å². The van der Waals surface area contributed by atoms with E-state index in [1.165, 1.54) is 11.1 Å². The van der Waals surface area contributed by atoms with Crippen LogP contribution in [0.25, 0.3) is 0 Å². The van der Waals surface area contributed by atoms with E-state index in [1.807, 2.05) is 12.1 Å². The van der Waals surface area contributed by atoms with E-state index in [-0.39, 0.29) is 0 Å². The molecule has 2 aromatic rings. The third kappa shape index (κ3) is 3.70. The van der Waals surface area contributed by atoms with Crippen molar-refractivity contribution < 1.29 is 4.42 Å². The van der Waals surface area contributed by atoms with Crippen molar-refractivity contribution in [3.8, 4) is 6.07 Å². The van der Waals surface area contributed by atoms with E-state index >= 15 is 0 Å². The van der Waals surface area contributed by atoms with Gasteiger partial charge >= 0.3 is 0 Å². The lowest BCUT2D eigenvalue weighted by molar-refractivity contribution is 0.474. The van der Waals surface area contributed by atoms with Gasteiger partial charge in [-0.3, -0.25) is 0 Å². The van der Waals surface area contributed by atoms with Gasteiger partial charge in [-0.2, -0.15) is 5.26 Å². The highest BCUT2D eigenvalue weighted by atomic mass is 16.3. The van der Waals surface area contributed by atoms with E-state index in [0.29, 0.717) is 18.2 Å². The Morgan fingerprint density at radius 3 is 2.42 bits per heavy atom. The Hall–Kier alpha value is -2.05. The van der Waals surface area contributed by atoms with E-state index in [9.17, 15) is 0 Å². The summed E-state index contributed by atoms with van der Waals surface area (Å²) in [4.78, 5) is 0. The number of benzene rings is 1. The maximum absolute atomic E-state index is 8.66. The quantitative estimate of drug-likeness (QED) is 0.887. The molecule has 0 saturated carbocycles. The number of nitrogens with zero attached hydrogens (tertiary/aromatic N) is 1. The molecule has 0 aliphatic rings. The van der Waals surface area contributed by atoms with Crippen molar-refractivity contribution in [2.24, 2.45) is 0 Å². The van der Waals surface area contributed by atoms with Crippen molar-refractivity contribution >= 4 is 0 Å². The second kappa shape index (κ2) is 6.21. The zero-order valence-corrected chi connectivity index (χ0v) is 11.3. The Labute approximate surface area is 113 Å². The molecule has 0 aliphatic heterocycles. The fraction of sp³-hybridized carbons (Fsp3) is 0.312. The van der Waals surface area contributed by atoms with Crippen LogP contribution in [0.2, 0.25) is 0 Å². The van der Waals surface area contributed by atoms with Gasteiger partial charge in [0.1, 0.15) is 11.8 Å². The minimum Gasteiger partial charge on any atom is -0.449 e. The highest BCUT2D eigenvalue weighted by Crippen LogP contribution is 2.14. The van der Waals surface area contributed by atoms with Crippen LogP contribution < -0.4 is 5.32 Å². The molecule has 3 nitrogen and oxygen atoms in total. The molecule has 1 aromatic heterocycles. The molecule has 0 spiro atoms. The third-order valence-electron chi connectivity index (χ3n) is 3.05. The van der Waals surface area contributed by atoms with Crippen LogP contribution in [0.5, 0.6) is 0 Å². The molecule has 1 aromatic carbocycles. The maximum Gasteiger partial charge on any atom is 0.203 e. The van der Waals surface area contributed by atoms with Crippen molar-refractivity contribution in [1.82, 2.24) is 5.32 Å². The summed E-state index contributed by atoms with van der Waals surface area (Å²) >= 11 is 0. The molecule has 2 rings (SSSR count). The second-order valence-electron chi connectivity index (χ2n) is 4.88. The van der Waals surface area contributed by atoms with Crippen molar-refractivity contribution in [2.75, 3.05) is 0 Å². The number of rotatable bonds is 5. The largest absolute Gasteiger partial charge is 0.449 e. The fourth-order valence-corrected chi connectivity index (χ4v) is 1.88. The molecule has 1 N–H and O–H groups in total. The van der Waals surface area contributed by atoms with Gasteiger partial charge < -0.3 is 9.73 Å². The first-order valence-electron chi connectivity index (χ1n) is 6.47. The molecule has 19 heavy (non-hydrogen) atoms. The van der Waals surface area contributed by atoms with Gasteiger partial charge in [0, 0.05) is 6.54 Å². The van der Waals surface area contributed by atoms with Gasteiger partial charge in [0.15, 0.2) is 0 Å². The Balaban J connectivity index is 1.84. The highest BCUT2D eigenvalue weighted by Gasteiger charge is 2.01. The van der Waals surface area contributed by atoms with Crippen molar-refractivity contribution in [3.63, 3.8) is 0 Å². The van der Waals surface area contributed by atoms with Gasteiger partial charge in [-0.15, -0.1) is 0 Å². The van der Waals surface area contributed by atoms with Crippen LogP contribution in [-0.2, 0) is 13.1 Å². The van der Waals surface area contributed by atoms with E-state index in [0.717, 1.165) is 12.3 Å². The molecule has 0 radical (unpaired) electrons. The fourth-order valence-electron chi connectivity index (χ4n) is 1.88. The van der Waals surface area contributed by atoms with Crippen molar-refractivity contribution in [2.45, 2.75) is 32.9 Å². The van der Waals surface area contributed by atoms with E-state index < -0.39 is 0 Å². The van der Waals surface area contributed by atoms with Gasteiger partial charge in [-0.1, -0.05) is 38.1 Å². The Morgan fingerprint density at radius 2 is 1.84 bits per heavy atom. The molecular weight excluding hydrogens is 236 g/mol. The summed E-state index contributed by atoms with van der Waals surface area (Å²) in [5.41, 5.74) is 2.60. The second-order valence-corrected chi connectivity index (χ2v) is 4.88. The lowest BCUT2D eigenvalue weighted by atomic mass is 10.0. The zero-order chi connectivity index (χ0) is 13.7. The molecule has 0 bridgehead atoms. The summed E-state index contributed by atoms with van der Waals surface area (Å²) in [5, 5.41) is 12.0. The van der Waals surface area contributed by atoms with Gasteiger partial charge in [-0.25, -0.2) is 0 Å². The topological polar surface area (TPSA) is 49.0 Å². The maximum atomic E-state index is 8.66. The first kappa shape index (κ1) is 13.4. The summed E-state index contributed by atoms with van der Waals surface area (Å²) in [6, 6.07) is 14.1. The van der Waals surface area contributed by atoms with Crippen LogP contribution in [0.15, 0.2) is 40.8 Å². The summed E-state index contributed by atoms with van der Waals surface area (Å²) in [5.74, 6) is 1.71. The average molecular weight is 254 g/mol. The monoisotopic (exact) mass is 254 g/mol. The average Bonchev–Trinajstić information content (AvgIpc) is 2.87. The Morgan fingerprint density at radius 1 is 1.11 bits per heavy atom. The van der Waals surface area contributed by atoms with Crippen LogP contribution in [0.1, 0.15) is 42.4 Å². The van der Waals surface area contributed by atoms with Crippen LogP contribution in [0.4, 0.5) is 0 Å². The van der Waals surface area contributed by atoms with Gasteiger partial charge in [0.2, 0.25) is 5.76 Å². The third-order valence-corrected chi connectivity index (χ3v) is 3.05. The molecule has 0 fully saturated rings. The summed E-state index contributed by atoms with van der Waals surface area (Å²) in [6.07, 6.45) is 0. The predicted octanol–water partition coefficient (Wildman–Crippen LogP) is 3.56. The molecule has 0 aliphatic carbocycles. The molecule has 0 amide bonds. The summed E-state index contributed by atoms with van der Waals surface area (Å²) < 4.78 is 5.30. The molecule has 1 heterocycles.